The number of hydrogen-bond donors (Lipinski definition) is 4. The molecule has 198 valence electrons. The lowest BCUT2D eigenvalue weighted by Gasteiger charge is -2.20. The first-order valence-electron chi connectivity index (χ1n) is 12.0. The molecular formula is C24H33N8O4S+. The average molecular weight is 530 g/mol. The molecule has 0 bridgehead atoms. The number of hydrogen-bond acceptors (Lipinski definition) is 7. The van der Waals surface area contributed by atoms with E-state index in [1.165, 1.54) is 22.4 Å². The van der Waals surface area contributed by atoms with E-state index in [9.17, 15) is 19.2 Å². The molecule has 2 atom stereocenters. The second kappa shape index (κ2) is 13.4. The SMILES string of the molecule is C[n+]1ccc(CCC(=O)N[C@H]2CCN(CC(=O)N[C@@H](CCCN=C(N)N)C(=O)c3nccs3)C2=O)cc1. The highest BCUT2D eigenvalue weighted by Gasteiger charge is 2.34. The summed E-state index contributed by atoms with van der Waals surface area (Å²) in [5.41, 5.74) is 11.7. The number of Topliss-reactive ketones (excluding diaryl/α,β-unsaturated/α-hetero) is 1. The Morgan fingerprint density at radius 2 is 2.03 bits per heavy atom. The summed E-state index contributed by atoms with van der Waals surface area (Å²) in [5, 5.41) is 7.47. The van der Waals surface area contributed by atoms with Crippen molar-refractivity contribution in [2.45, 2.75) is 44.2 Å². The number of nitrogens with one attached hydrogen (secondary N) is 2. The molecule has 1 fully saturated rings. The molecule has 0 aliphatic carbocycles. The molecular weight excluding hydrogens is 496 g/mol. The van der Waals surface area contributed by atoms with E-state index in [0.29, 0.717) is 38.8 Å². The number of aliphatic imine (C=N–C) groups is 1. The quantitative estimate of drug-likeness (QED) is 0.0849. The lowest BCUT2D eigenvalue weighted by Crippen LogP contribution is -2.48. The van der Waals surface area contributed by atoms with Gasteiger partial charge in [-0.1, -0.05) is 0 Å². The van der Waals surface area contributed by atoms with E-state index in [2.05, 4.69) is 20.6 Å². The van der Waals surface area contributed by atoms with E-state index in [0.717, 1.165) is 5.56 Å². The molecule has 0 aromatic carbocycles. The van der Waals surface area contributed by atoms with Gasteiger partial charge in [-0.15, -0.1) is 11.3 Å². The van der Waals surface area contributed by atoms with Crippen molar-refractivity contribution in [2.75, 3.05) is 19.6 Å². The summed E-state index contributed by atoms with van der Waals surface area (Å²) in [4.78, 5) is 60.1. The smallest absolute Gasteiger partial charge is 0.245 e. The van der Waals surface area contributed by atoms with E-state index < -0.39 is 18.0 Å². The molecule has 3 rings (SSSR count). The van der Waals surface area contributed by atoms with Gasteiger partial charge in [-0.05, 0) is 31.2 Å². The van der Waals surface area contributed by atoms with Crippen molar-refractivity contribution in [3.8, 4) is 0 Å². The maximum absolute atomic E-state index is 12.8. The maximum Gasteiger partial charge on any atom is 0.245 e. The Morgan fingerprint density at radius 1 is 1.27 bits per heavy atom. The van der Waals surface area contributed by atoms with Crippen LogP contribution in [-0.4, -0.2) is 71.1 Å². The zero-order valence-electron chi connectivity index (χ0n) is 20.8. The predicted molar refractivity (Wildman–Crippen MR) is 137 cm³/mol. The van der Waals surface area contributed by atoms with Crippen LogP contribution in [0.5, 0.6) is 0 Å². The molecule has 0 radical (unpaired) electrons. The third kappa shape index (κ3) is 8.63. The lowest BCUT2D eigenvalue weighted by molar-refractivity contribution is -0.671. The van der Waals surface area contributed by atoms with Crippen LogP contribution in [0.15, 0.2) is 41.1 Å². The first-order chi connectivity index (χ1) is 17.7. The van der Waals surface area contributed by atoms with Gasteiger partial charge in [0.25, 0.3) is 0 Å². The van der Waals surface area contributed by atoms with Gasteiger partial charge in [-0.3, -0.25) is 24.2 Å². The van der Waals surface area contributed by atoms with Crippen LogP contribution in [0.2, 0.25) is 0 Å². The van der Waals surface area contributed by atoms with Gasteiger partial charge in [-0.25, -0.2) is 9.55 Å². The average Bonchev–Trinajstić information content (AvgIpc) is 3.51. The highest BCUT2D eigenvalue weighted by Crippen LogP contribution is 2.14. The molecule has 3 heterocycles. The van der Waals surface area contributed by atoms with Gasteiger partial charge in [0.1, 0.15) is 13.1 Å². The number of carbonyl (C=O) groups excluding carboxylic acids is 4. The summed E-state index contributed by atoms with van der Waals surface area (Å²) in [6.07, 6.45) is 7.37. The number of carbonyl (C=O) groups is 4. The van der Waals surface area contributed by atoms with Gasteiger partial charge in [0.15, 0.2) is 23.4 Å². The fraction of sp³-hybridized carbons (Fsp3) is 0.458. The number of likely N-dealkylation sites (tertiary alicyclic amines) is 1. The molecule has 1 aliphatic rings. The van der Waals surface area contributed by atoms with Crippen molar-refractivity contribution in [1.29, 1.82) is 0 Å². The molecule has 0 spiro atoms. The van der Waals surface area contributed by atoms with Crippen molar-refractivity contribution in [1.82, 2.24) is 20.5 Å². The van der Waals surface area contributed by atoms with Gasteiger partial charge in [-0.2, -0.15) is 0 Å². The van der Waals surface area contributed by atoms with Gasteiger partial charge < -0.3 is 27.0 Å². The first kappa shape index (κ1) is 27.7. The number of rotatable bonds is 13. The molecule has 13 heteroatoms. The van der Waals surface area contributed by atoms with Crippen molar-refractivity contribution in [3.63, 3.8) is 0 Å². The first-order valence-corrected chi connectivity index (χ1v) is 12.9. The number of pyridine rings is 1. The van der Waals surface area contributed by atoms with Crippen molar-refractivity contribution >= 4 is 40.8 Å². The van der Waals surface area contributed by atoms with E-state index in [1.54, 1.807) is 5.38 Å². The normalized spacial score (nSPS) is 15.8. The minimum absolute atomic E-state index is 0.0460. The summed E-state index contributed by atoms with van der Waals surface area (Å²) >= 11 is 1.19. The fourth-order valence-corrected chi connectivity index (χ4v) is 4.56. The summed E-state index contributed by atoms with van der Waals surface area (Å²) < 4.78 is 1.91. The van der Waals surface area contributed by atoms with E-state index >= 15 is 0 Å². The molecule has 1 aliphatic heterocycles. The van der Waals surface area contributed by atoms with Crippen LogP contribution in [0.1, 0.15) is 41.0 Å². The monoisotopic (exact) mass is 529 g/mol. The van der Waals surface area contributed by atoms with Crippen LogP contribution in [-0.2, 0) is 27.9 Å². The molecule has 2 aromatic heterocycles. The number of amides is 3. The van der Waals surface area contributed by atoms with Gasteiger partial charge in [0.05, 0.1) is 12.6 Å². The maximum atomic E-state index is 12.8. The zero-order chi connectivity index (χ0) is 26.8. The summed E-state index contributed by atoms with van der Waals surface area (Å²) in [6.45, 7) is 0.443. The molecule has 0 unspecified atom stereocenters. The van der Waals surface area contributed by atoms with Crippen LogP contribution in [0, 0.1) is 0 Å². The van der Waals surface area contributed by atoms with Crippen LogP contribution >= 0.6 is 11.3 Å². The molecule has 6 N–H and O–H groups in total. The van der Waals surface area contributed by atoms with Crippen molar-refractivity contribution in [3.05, 3.63) is 46.7 Å². The Labute approximate surface area is 219 Å². The van der Waals surface area contributed by atoms with Gasteiger partial charge >= 0.3 is 0 Å². The van der Waals surface area contributed by atoms with Crippen LogP contribution in [0.25, 0.3) is 0 Å². The van der Waals surface area contributed by atoms with Crippen LogP contribution in [0.4, 0.5) is 0 Å². The van der Waals surface area contributed by atoms with Crippen LogP contribution < -0.4 is 26.7 Å². The number of aryl methyl sites for hydroxylation is 2. The molecule has 1 saturated heterocycles. The number of guanidine groups is 1. The predicted octanol–water partition coefficient (Wildman–Crippen LogP) is -0.961. The van der Waals surface area contributed by atoms with Crippen molar-refractivity contribution < 1.29 is 23.7 Å². The highest BCUT2D eigenvalue weighted by molar-refractivity contribution is 7.11. The van der Waals surface area contributed by atoms with E-state index in [-0.39, 0.29) is 41.5 Å². The molecule has 3 amide bonds. The second-order valence-corrected chi connectivity index (χ2v) is 9.71. The van der Waals surface area contributed by atoms with Gasteiger partial charge in [0, 0.05) is 43.2 Å². The largest absolute Gasteiger partial charge is 0.370 e. The minimum atomic E-state index is -0.818. The Balaban J connectivity index is 1.49. The number of aromatic nitrogens is 2. The third-order valence-corrected chi connectivity index (χ3v) is 6.68. The minimum Gasteiger partial charge on any atom is -0.370 e. The summed E-state index contributed by atoms with van der Waals surface area (Å²) in [6, 6.07) is 2.41. The topological polar surface area (TPSA) is 177 Å². The lowest BCUT2D eigenvalue weighted by atomic mass is 10.1. The standard InChI is InChI=1S/C24H32N8O4S/c1-31-11-6-16(7-12-31)4-5-19(33)30-18-8-13-32(23(18)36)15-20(34)29-17(3-2-9-28-24(25)26)21(35)22-27-10-14-37-22/h6-7,10-12,14,17-18H,2-5,8-9,13,15H2,1H3,(H5-,25,26,28,29,30,33,34)/p+1/t17-,18-/m0/s1. The Hall–Kier alpha value is -3.87. The molecule has 2 aromatic rings. The molecule has 37 heavy (non-hydrogen) atoms. The Kier molecular flexibility index (Phi) is 10.1. The fourth-order valence-electron chi connectivity index (χ4n) is 3.93. The Morgan fingerprint density at radius 3 is 2.70 bits per heavy atom. The second-order valence-electron chi connectivity index (χ2n) is 8.81. The third-order valence-electron chi connectivity index (χ3n) is 5.90. The number of nitrogens with zero attached hydrogens (tertiary/aromatic N) is 4. The number of nitrogens with two attached hydrogens (primary N) is 2. The summed E-state index contributed by atoms with van der Waals surface area (Å²) in [5.74, 6) is -1.35. The Bertz CT molecular complexity index is 1120. The van der Waals surface area contributed by atoms with Crippen LogP contribution in [0.3, 0.4) is 0 Å². The summed E-state index contributed by atoms with van der Waals surface area (Å²) in [7, 11) is 1.92. The molecule has 12 nitrogen and oxygen atoms in total. The number of thiazole rings is 1. The van der Waals surface area contributed by atoms with Gasteiger partial charge in [0.2, 0.25) is 23.5 Å². The van der Waals surface area contributed by atoms with E-state index in [4.69, 9.17) is 11.5 Å². The van der Waals surface area contributed by atoms with Crippen molar-refractivity contribution in [2.24, 2.45) is 23.5 Å². The highest BCUT2D eigenvalue weighted by atomic mass is 32.1. The molecule has 0 saturated carbocycles. The zero-order valence-corrected chi connectivity index (χ0v) is 21.6. The van der Waals surface area contributed by atoms with E-state index in [1.807, 2.05) is 36.1 Å². The number of ketones is 1.